The molecule has 0 aromatic heterocycles. The minimum atomic E-state index is -0.271. The van der Waals surface area contributed by atoms with E-state index in [1.165, 1.54) is 6.07 Å². The molecule has 0 saturated heterocycles. The summed E-state index contributed by atoms with van der Waals surface area (Å²) in [7, 11) is 0. The molecule has 2 nitrogen and oxygen atoms in total. The Morgan fingerprint density at radius 1 is 1.11 bits per heavy atom. The van der Waals surface area contributed by atoms with Gasteiger partial charge in [0, 0.05) is 17.8 Å². The lowest BCUT2D eigenvalue weighted by atomic mass is 10.2. The molecule has 0 aliphatic carbocycles. The highest BCUT2D eigenvalue weighted by atomic mass is 35.5. The van der Waals surface area contributed by atoms with E-state index in [-0.39, 0.29) is 5.82 Å². The van der Waals surface area contributed by atoms with Crippen molar-refractivity contribution in [1.82, 2.24) is 0 Å². The summed E-state index contributed by atoms with van der Waals surface area (Å²) in [5.41, 5.74) is 7.19. The molecule has 18 heavy (non-hydrogen) atoms. The molecule has 0 atom stereocenters. The van der Waals surface area contributed by atoms with Gasteiger partial charge in [-0.15, -0.1) is 0 Å². The number of hydrogen-bond donors (Lipinski definition) is 2. The second-order valence-electron chi connectivity index (χ2n) is 3.80. The number of benzene rings is 2. The molecular formula is C13H11Cl2FN2. The number of nitrogens with two attached hydrogens (primary N) is 1. The molecule has 2 rings (SSSR count). The SMILES string of the molecule is Nc1cc(Cl)c(NCc2ccccc2F)c(Cl)c1. The molecule has 0 bridgehead atoms. The van der Waals surface area contributed by atoms with Crippen LogP contribution in [0.3, 0.4) is 0 Å². The maximum Gasteiger partial charge on any atom is 0.128 e. The van der Waals surface area contributed by atoms with Crippen LogP contribution in [-0.4, -0.2) is 0 Å². The van der Waals surface area contributed by atoms with E-state index >= 15 is 0 Å². The van der Waals surface area contributed by atoms with Crippen LogP contribution in [0, 0.1) is 5.82 Å². The summed E-state index contributed by atoms with van der Waals surface area (Å²) in [5, 5.41) is 3.83. The summed E-state index contributed by atoms with van der Waals surface area (Å²) >= 11 is 12.0. The van der Waals surface area contributed by atoms with Crippen LogP contribution >= 0.6 is 23.2 Å². The van der Waals surface area contributed by atoms with Gasteiger partial charge in [0.1, 0.15) is 5.82 Å². The largest absolute Gasteiger partial charge is 0.399 e. The Bertz CT molecular complexity index is 550. The van der Waals surface area contributed by atoms with Crippen molar-refractivity contribution in [1.29, 1.82) is 0 Å². The third-order valence-electron chi connectivity index (χ3n) is 2.48. The fraction of sp³-hybridized carbons (Fsp3) is 0.0769. The molecule has 0 radical (unpaired) electrons. The maximum atomic E-state index is 13.4. The molecule has 2 aromatic carbocycles. The number of rotatable bonds is 3. The van der Waals surface area contributed by atoms with Gasteiger partial charge in [-0.2, -0.15) is 0 Å². The van der Waals surface area contributed by atoms with Gasteiger partial charge in [-0.3, -0.25) is 0 Å². The highest BCUT2D eigenvalue weighted by Gasteiger charge is 2.08. The van der Waals surface area contributed by atoms with Crippen molar-refractivity contribution in [3.63, 3.8) is 0 Å². The van der Waals surface area contributed by atoms with Crippen LogP contribution in [0.1, 0.15) is 5.56 Å². The van der Waals surface area contributed by atoms with Crippen molar-refractivity contribution >= 4 is 34.6 Å². The van der Waals surface area contributed by atoms with Crippen LogP contribution in [0.2, 0.25) is 10.0 Å². The topological polar surface area (TPSA) is 38.0 Å². The van der Waals surface area contributed by atoms with Crippen LogP contribution in [0.25, 0.3) is 0 Å². The fourth-order valence-corrected chi connectivity index (χ4v) is 2.22. The van der Waals surface area contributed by atoms with Crippen molar-refractivity contribution in [2.75, 3.05) is 11.1 Å². The van der Waals surface area contributed by atoms with E-state index in [1.807, 2.05) is 0 Å². The predicted molar refractivity (Wildman–Crippen MR) is 74.6 cm³/mol. The summed E-state index contributed by atoms with van der Waals surface area (Å²) in [6.07, 6.45) is 0. The second kappa shape index (κ2) is 5.46. The molecule has 2 aromatic rings. The Morgan fingerprint density at radius 2 is 1.72 bits per heavy atom. The monoisotopic (exact) mass is 284 g/mol. The van der Waals surface area contributed by atoms with Gasteiger partial charge in [0.05, 0.1) is 15.7 Å². The summed E-state index contributed by atoms with van der Waals surface area (Å²) in [6.45, 7) is 0.302. The zero-order valence-electron chi connectivity index (χ0n) is 9.38. The molecule has 0 saturated carbocycles. The van der Waals surface area contributed by atoms with E-state index in [9.17, 15) is 4.39 Å². The molecular weight excluding hydrogens is 274 g/mol. The van der Waals surface area contributed by atoms with Crippen molar-refractivity contribution in [3.05, 3.63) is 57.8 Å². The minimum absolute atomic E-state index is 0.271. The van der Waals surface area contributed by atoms with Gasteiger partial charge in [0.2, 0.25) is 0 Å². The lowest BCUT2D eigenvalue weighted by Gasteiger charge is -2.11. The van der Waals surface area contributed by atoms with E-state index < -0.39 is 0 Å². The van der Waals surface area contributed by atoms with Crippen molar-refractivity contribution in [2.45, 2.75) is 6.54 Å². The quantitative estimate of drug-likeness (QED) is 0.824. The molecule has 0 fully saturated rings. The van der Waals surface area contributed by atoms with Gasteiger partial charge in [-0.05, 0) is 18.2 Å². The van der Waals surface area contributed by atoms with Crippen molar-refractivity contribution in [3.8, 4) is 0 Å². The number of nitrogen functional groups attached to an aromatic ring is 1. The highest BCUT2D eigenvalue weighted by molar-refractivity contribution is 6.39. The standard InChI is InChI=1S/C13H11Cl2FN2/c14-10-5-9(17)6-11(15)13(10)18-7-8-3-1-2-4-12(8)16/h1-6,18H,7,17H2. The molecule has 0 spiro atoms. The van der Waals surface area contributed by atoms with Crippen molar-refractivity contribution < 1.29 is 4.39 Å². The lowest BCUT2D eigenvalue weighted by Crippen LogP contribution is -2.03. The molecule has 5 heteroatoms. The number of anilines is 2. The molecule has 0 aliphatic heterocycles. The number of nitrogens with one attached hydrogen (secondary N) is 1. The molecule has 0 aliphatic rings. The van der Waals surface area contributed by atoms with Crippen LogP contribution in [-0.2, 0) is 6.54 Å². The second-order valence-corrected chi connectivity index (χ2v) is 4.62. The van der Waals surface area contributed by atoms with E-state index in [0.29, 0.717) is 33.5 Å². The molecule has 3 N–H and O–H groups in total. The average molecular weight is 285 g/mol. The van der Waals surface area contributed by atoms with Crippen LogP contribution in [0.15, 0.2) is 36.4 Å². The molecule has 0 heterocycles. The lowest BCUT2D eigenvalue weighted by molar-refractivity contribution is 0.613. The summed E-state index contributed by atoms with van der Waals surface area (Å²) in [4.78, 5) is 0. The Balaban J connectivity index is 2.19. The zero-order chi connectivity index (χ0) is 13.1. The predicted octanol–water partition coefficient (Wildman–Crippen LogP) is 4.33. The summed E-state index contributed by atoms with van der Waals surface area (Å²) in [6, 6.07) is 9.70. The van der Waals surface area contributed by atoms with Crippen LogP contribution in [0.5, 0.6) is 0 Å². The van der Waals surface area contributed by atoms with E-state index in [1.54, 1.807) is 30.3 Å². The van der Waals surface area contributed by atoms with Gasteiger partial charge in [-0.25, -0.2) is 4.39 Å². The van der Waals surface area contributed by atoms with E-state index in [4.69, 9.17) is 28.9 Å². The summed E-state index contributed by atoms with van der Waals surface area (Å²) < 4.78 is 13.4. The Labute approximate surface area is 115 Å². The minimum Gasteiger partial charge on any atom is -0.399 e. The third-order valence-corrected chi connectivity index (χ3v) is 3.07. The Hall–Kier alpha value is -1.45. The molecule has 0 amide bonds. The normalized spacial score (nSPS) is 10.4. The fourth-order valence-electron chi connectivity index (χ4n) is 1.59. The first-order valence-electron chi connectivity index (χ1n) is 5.29. The van der Waals surface area contributed by atoms with E-state index in [2.05, 4.69) is 5.32 Å². The van der Waals surface area contributed by atoms with Gasteiger partial charge in [0.25, 0.3) is 0 Å². The van der Waals surface area contributed by atoms with Crippen LogP contribution in [0.4, 0.5) is 15.8 Å². The van der Waals surface area contributed by atoms with E-state index in [0.717, 1.165) is 0 Å². The van der Waals surface area contributed by atoms with Crippen molar-refractivity contribution in [2.24, 2.45) is 0 Å². The van der Waals surface area contributed by atoms with Crippen LogP contribution < -0.4 is 11.1 Å². The van der Waals surface area contributed by atoms with Gasteiger partial charge < -0.3 is 11.1 Å². The third kappa shape index (κ3) is 2.86. The molecule has 0 unspecified atom stereocenters. The molecule has 94 valence electrons. The zero-order valence-corrected chi connectivity index (χ0v) is 10.9. The summed E-state index contributed by atoms with van der Waals surface area (Å²) in [5.74, 6) is -0.271. The maximum absolute atomic E-state index is 13.4. The Kier molecular flexibility index (Phi) is 3.94. The Morgan fingerprint density at radius 3 is 2.33 bits per heavy atom. The van der Waals surface area contributed by atoms with Gasteiger partial charge >= 0.3 is 0 Å². The number of hydrogen-bond acceptors (Lipinski definition) is 2. The van der Waals surface area contributed by atoms with Gasteiger partial charge in [0.15, 0.2) is 0 Å². The first-order chi connectivity index (χ1) is 8.58. The smallest absolute Gasteiger partial charge is 0.128 e. The number of halogens is 3. The first-order valence-corrected chi connectivity index (χ1v) is 6.05. The van der Waals surface area contributed by atoms with Gasteiger partial charge in [-0.1, -0.05) is 41.4 Å². The first kappa shape index (κ1) is 13.0. The average Bonchev–Trinajstić information content (AvgIpc) is 2.30. The highest BCUT2D eigenvalue weighted by Crippen LogP contribution is 2.33.